The summed E-state index contributed by atoms with van der Waals surface area (Å²) in [6, 6.07) is 0. The minimum absolute atomic E-state index is 0. The van der Waals surface area contributed by atoms with Crippen molar-refractivity contribution in [2.24, 2.45) is 0 Å². The summed E-state index contributed by atoms with van der Waals surface area (Å²) in [4.78, 5) is 20.3. The Kier molecular flexibility index (Phi) is 7.32. The normalized spacial score (nSPS) is 7.33. The molecule has 3 nitrogen and oxygen atoms in total. The summed E-state index contributed by atoms with van der Waals surface area (Å²) in [5.74, 6) is -0.644. The number of hydrogen-bond donors (Lipinski definition) is 0. The van der Waals surface area contributed by atoms with Crippen molar-refractivity contribution in [2.45, 2.75) is 13.3 Å². The molecule has 0 saturated carbocycles. The number of ether oxygens (including phenoxy) is 1. The van der Waals surface area contributed by atoms with Crippen molar-refractivity contribution >= 4 is 11.8 Å². The van der Waals surface area contributed by atoms with Crippen molar-refractivity contribution in [3.8, 4) is 0 Å². The van der Waals surface area contributed by atoms with Gasteiger partial charge in [-0.05, 0) is 6.92 Å². The summed E-state index contributed by atoms with van der Waals surface area (Å²) in [6.45, 7) is 1.34. The Morgan fingerprint density at radius 3 is 2.00 bits per heavy atom. The number of esters is 1. The zero-order chi connectivity index (χ0) is 6.57. The van der Waals surface area contributed by atoms with Gasteiger partial charge >= 0.3 is 5.97 Å². The average molecular weight is 175 g/mol. The summed E-state index contributed by atoms with van der Waals surface area (Å²) in [6.07, 6.45) is -0.115. The number of Topliss-reactive ketones (excluding diaryl/α,β-unsaturated/α-hetero) is 1. The molecule has 0 rings (SSSR count). The first-order valence-electron chi connectivity index (χ1n) is 2.23. The van der Waals surface area contributed by atoms with E-state index < -0.39 is 5.97 Å². The van der Waals surface area contributed by atoms with E-state index in [1.165, 1.54) is 14.0 Å². The fraction of sp³-hybridized carbons (Fsp3) is 0.600. The van der Waals surface area contributed by atoms with Crippen LogP contribution in [0.15, 0.2) is 0 Å². The van der Waals surface area contributed by atoms with E-state index in [1.807, 2.05) is 0 Å². The van der Waals surface area contributed by atoms with Gasteiger partial charge in [0.2, 0.25) is 0 Å². The van der Waals surface area contributed by atoms with Gasteiger partial charge in [0, 0.05) is 16.5 Å². The average Bonchev–Trinajstić information content (AvgIpc) is 1.65. The zero-order valence-electron chi connectivity index (χ0n) is 5.25. The zero-order valence-corrected chi connectivity index (χ0v) is 6.24. The predicted molar refractivity (Wildman–Crippen MR) is 27.3 cm³/mol. The molecule has 0 atom stereocenters. The van der Waals surface area contributed by atoms with Crippen molar-refractivity contribution in [3.63, 3.8) is 0 Å². The van der Waals surface area contributed by atoms with Gasteiger partial charge in [-0.15, -0.1) is 0 Å². The van der Waals surface area contributed by atoms with Crippen molar-refractivity contribution in [1.29, 1.82) is 0 Å². The van der Waals surface area contributed by atoms with Crippen molar-refractivity contribution in [2.75, 3.05) is 7.11 Å². The van der Waals surface area contributed by atoms with E-state index in [0.717, 1.165) is 0 Å². The Hall–Kier alpha value is -0.366. The van der Waals surface area contributed by atoms with Crippen LogP contribution in [0.1, 0.15) is 13.3 Å². The molecule has 0 aromatic carbocycles. The standard InChI is InChI=1S/C5H8O3.Ni/c1-4(6)3-5(7)8-2;/h3H2,1-2H3;. The van der Waals surface area contributed by atoms with Gasteiger partial charge in [-0.25, -0.2) is 0 Å². The molecule has 0 heterocycles. The van der Waals surface area contributed by atoms with Gasteiger partial charge in [-0.2, -0.15) is 0 Å². The number of rotatable bonds is 2. The van der Waals surface area contributed by atoms with Gasteiger partial charge in [0.25, 0.3) is 0 Å². The molecule has 0 unspecified atom stereocenters. The molecule has 0 aromatic heterocycles. The molecule has 0 saturated heterocycles. The molecule has 0 amide bonds. The third-order valence-corrected chi connectivity index (χ3v) is 0.621. The minimum atomic E-state index is -0.475. The molecule has 0 aliphatic rings. The summed E-state index contributed by atoms with van der Waals surface area (Å²) in [7, 11) is 1.26. The summed E-state index contributed by atoms with van der Waals surface area (Å²) in [5, 5.41) is 0. The maximum Gasteiger partial charge on any atom is 0.313 e. The largest absolute Gasteiger partial charge is 0.469 e. The van der Waals surface area contributed by atoms with Crippen LogP contribution in [0.25, 0.3) is 0 Å². The predicted octanol–water partition coefficient (Wildman–Crippen LogP) is 0.136. The first kappa shape index (κ1) is 11.4. The number of carbonyl (C=O) groups excluding carboxylic acids is 2. The van der Waals surface area contributed by atoms with Crippen LogP contribution in [0.2, 0.25) is 0 Å². The molecule has 0 fully saturated rings. The van der Waals surface area contributed by atoms with Gasteiger partial charge < -0.3 is 4.74 Å². The summed E-state index contributed by atoms with van der Waals surface area (Å²) in [5.41, 5.74) is 0. The van der Waals surface area contributed by atoms with Gasteiger partial charge in [0.1, 0.15) is 12.2 Å². The third kappa shape index (κ3) is 7.63. The van der Waals surface area contributed by atoms with Crippen LogP contribution in [0, 0.1) is 0 Å². The van der Waals surface area contributed by atoms with Crippen molar-refractivity contribution < 1.29 is 30.8 Å². The second kappa shape index (κ2) is 5.76. The molecular weight excluding hydrogens is 167 g/mol. The molecule has 0 N–H and O–H groups in total. The minimum Gasteiger partial charge on any atom is -0.469 e. The molecule has 0 aliphatic carbocycles. The monoisotopic (exact) mass is 174 g/mol. The molecule has 0 aromatic rings. The Morgan fingerprint density at radius 2 is 1.89 bits per heavy atom. The van der Waals surface area contributed by atoms with Gasteiger partial charge in [0.05, 0.1) is 7.11 Å². The van der Waals surface area contributed by atoms with E-state index in [9.17, 15) is 9.59 Å². The maximum absolute atomic E-state index is 10.2. The Labute approximate surface area is 63.7 Å². The van der Waals surface area contributed by atoms with E-state index in [4.69, 9.17) is 0 Å². The summed E-state index contributed by atoms with van der Waals surface area (Å²) >= 11 is 0. The van der Waals surface area contributed by atoms with Gasteiger partial charge in [-0.1, -0.05) is 0 Å². The van der Waals surface area contributed by atoms with Gasteiger partial charge in [0.15, 0.2) is 0 Å². The van der Waals surface area contributed by atoms with E-state index >= 15 is 0 Å². The Bertz CT molecular complexity index is 111. The quantitative estimate of drug-likeness (QED) is 0.340. The van der Waals surface area contributed by atoms with Crippen LogP contribution in [0.4, 0.5) is 0 Å². The van der Waals surface area contributed by atoms with Crippen LogP contribution < -0.4 is 0 Å². The topological polar surface area (TPSA) is 43.4 Å². The summed E-state index contributed by atoms with van der Waals surface area (Å²) < 4.78 is 4.20. The van der Waals surface area contributed by atoms with Crippen LogP contribution in [0.3, 0.4) is 0 Å². The number of methoxy groups -OCH3 is 1. The SMILES string of the molecule is COC(=O)CC(C)=O.[Ni]. The fourth-order valence-corrected chi connectivity index (χ4v) is 0.275. The Balaban J connectivity index is 0. The second-order valence-corrected chi connectivity index (χ2v) is 1.45. The van der Waals surface area contributed by atoms with E-state index in [0.29, 0.717) is 0 Å². The molecule has 0 spiro atoms. The molecular formula is C5H8NiO3. The van der Waals surface area contributed by atoms with Crippen LogP contribution >= 0.6 is 0 Å². The second-order valence-electron chi connectivity index (χ2n) is 1.45. The first-order valence-corrected chi connectivity index (χ1v) is 2.23. The fourth-order valence-electron chi connectivity index (χ4n) is 0.275. The maximum atomic E-state index is 10.2. The molecule has 0 radical (unpaired) electrons. The molecule has 0 bridgehead atoms. The number of carbonyl (C=O) groups is 2. The van der Waals surface area contributed by atoms with Crippen molar-refractivity contribution in [3.05, 3.63) is 0 Å². The van der Waals surface area contributed by atoms with E-state index in [-0.39, 0.29) is 28.7 Å². The van der Waals surface area contributed by atoms with E-state index in [1.54, 1.807) is 0 Å². The molecule has 4 heteroatoms. The molecule has 56 valence electrons. The van der Waals surface area contributed by atoms with Crippen molar-refractivity contribution in [1.82, 2.24) is 0 Å². The third-order valence-electron chi connectivity index (χ3n) is 0.621. The van der Waals surface area contributed by atoms with Crippen LogP contribution in [0.5, 0.6) is 0 Å². The molecule has 0 aliphatic heterocycles. The van der Waals surface area contributed by atoms with Crippen LogP contribution in [-0.2, 0) is 30.8 Å². The van der Waals surface area contributed by atoms with Gasteiger partial charge in [-0.3, -0.25) is 9.59 Å². The smallest absolute Gasteiger partial charge is 0.313 e. The Morgan fingerprint density at radius 1 is 1.44 bits per heavy atom. The van der Waals surface area contributed by atoms with E-state index in [2.05, 4.69) is 4.74 Å². The molecule has 9 heavy (non-hydrogen) atoms. The number of hydrogen-bond acceptors (Lipinski definition) is 3. The first-order chi connectivity index (χ1) is 3.66. The van der Waals surface area contributed by atoms with Crippen LogP contribution in [-0.4, -0.2) is 18.9 Å². The number of ketones is 1.